The van der Waals surface area contributed by atoms with Crippen LogP contribution in [0.5, 0.6) is 0 Å². The topological polar surface area (TPSA) is 64.1 Å². The first kappa shape index (κ1) is 18.4. The summed E-state index contributed by atoms with van der Waals surface area (Å²) in [6, 6.07) is 7.85. The molecule has 1 heterocycles. The zero-order valence-corrected chi connectivity index (χ0v) is 15.7. The lowest BCUT2D eigenvalue weighted by atomic mass is 10.4. The predicted octanol–water partition coefficient (Wildman–Crippen LogP) is 5.03. The molecule has 0 bridgehead atoms. The van der Waals surface area contributed by atoms with Crippen molar-refractivity contribution in [3.8, 4) is 0 Å². The van der Waals surface area contributed by atoms with Crippen LogP contribution in [0.25, 0.3) is 0 Å². The van der Waals surface area contributed by atoms with Gasteiger partial charge in [0.2, 0.25) is 5.13 Å². The summed E-state index contributed by atoms with van der Waals surface area (Å²) in [6.07, 6.45) is 0.525. The van der Waals surface area contributed by atoms with E-state index in [0.717, 1.165) is 32.2 Å². The fourth-order valence-corrected chi connectivity index (χ4v) is 4.65. The summed E-state index contributed by atoms with van der Waals surface area (Å²) in [7, 11) is 0. The molecule has 1 aromatic carbocycles. The second kappa shape index (κ2) is 10.0. The summed E-state index contributed by atoms with van der Waals surface area (Å²) in [4.78, 5) is 12.4. The van der Waals surface area contributed by atoms with E-state index in [1.54, 1.807) is 30.4 Å². The number of rotatable bonds is 8. The van der Waals surface area contributed by atoms with Crippen LogP contribution in [0.1, 0.15) is 13.3 Å². The Bertz CT molecular complexity index is 639. The molecule has 0 atom stereocenters. The SMILES string of the molecule is CCOC(=O)Nc1nnc(SCCCSc2ccccc2Cl)s1. The van der Waals surface area contributed by atoms with E-state index < -0.39 is 6.09 Å². The van der Waals surface area contributed by atoms with Gasteiger partial charge in [0.25, 0.3) is 0 Å². The number of nitrogens with one attached hydrogen (secondary N) is 1. The molecule has 0 fully saturated rings. The lowest BCUT2D eigenvalue weighted by molar-refractivity contribution is 0.168. The Morgan fingerprint density at radius 2 is 2.09 bits per heavy atom. The van der Waals surface area contributed by atoms with Crippen LogP contribution in [-0.4, -0.2) is 34.4 Å². The highest BCUT2D eigenvalue weighted by atomic mass is 35.5. The molecule has 5 nitrogen and oxygen atoms in total. The summed E-state index contributed by atoms with van der Waals surface area (Å²) < 4.78 is 5.62. The molecule has 9 heteroatoms. The van der Waals surface area contributed by atoms with Crippen LogP contribution in [0.4, 0.5) is 9.93 Å². The Balaban J connectivity index is 1.66. The van der Waals surface area contributed by atoms with E-state index in [1.807, 2.05) is 24.3 Å². The van der Waals surface area contributed by atoms with Gasteiger partial charge in [-0.25, -0.2) is 4.79 Å². The molecule has 0 saturated carbocycles. The highest BCUT2D eigenvalue weighted by molar-refractivity contribution is 8.01. The fraction of sp³-hybridized carbons (Fsp3) is 0.357. The maximum atomic E-state index is 11.3. The molecule has 0 aliphatic heterocycles. The minimum Gasteiger partial charge on any atom is -0.450 e. The first-order valence-electron chi connectivity index (χ1n) is 6.96. The van der Waals surface area contributed by atoms with Crippen molar-refractivity contribution in [1.29, 1.82) is 0 Å². The van der Waals surface area contributed by atoms with Gasteiger partial charge >= 0.3 is 6.09 Å². The third-order valence-electron chi connectivity index (χ3n) is 2.50. The van der Waals surface area contributed by atoms with Crippen molar-refractivity contribution in [2.75, 3.05) is 23.4 Å². The van der Waals surface area contributed by atoms with Gasteiger partial charge in [-0.2, -0.15) is 0 Å². The summed E-state index contributed by atoms with van der Waals surface area (Å²) in [5.74, 6) is 1.93. The number of hydrogen-bond donors (Lipinski definition) is 1. The monoisotopic (exact) mass is 389 g/mol. The average Bonchev–Trinajstić information content (AvgIpc) is 2.96. The van der Waals surface area contributed by atoms with E-state index in [9.17, 15) is 4.79 Å². The third-order valence-corrected chi connectivity index (χ3v) is 6.16. The molecule has 0 radical (unpaired) electrons. The summed E-state index contributed by atoms with van der Waals surface area (Å²) >= 11 is 10.8. The van der Waals surface area contributed by atoms with Crippen molar-refractivity contribution in [2.24, 2.45) is 0 Å². The van der Waals surface area contributed by atoms with Crippen molar-refractivity contribution in [3.05, 3.63) is 29.3 Å². The maximum absolute atomic E-state index is 11.3. The number of anilines is 1. The fourth-order valence-electron chi connectivity index (χ4n) is 1.54. The van der Waals surface area contributed by atoms with Gasteiger partial charge in [-0.1, -0.05) is 46.8 Å². The summed E-state index contributed by atoms with van der Waals surface area (Å²) in [6.45, 7) is 2.08. The van der Waals surface area contributed by atoms with Gasteiger partial charge in [0.1, 0.15) is 0 Å². The van der Waals surface area contributed by atoms with Crippen LogP contribution in [-0.2, 0) is 4.74 Å². The number of aromatic nitrogens is 2. The standard InChI is InChI=1S/C14H16ClN3O2S3/c1-2-20-13(19)16-12-17-18-14(23-12)22-9-5-8-21-11-7-4-3-6-10(11)15/h3-4,6-7H,2,5,8-9H2,1H3,(H,16,17,19). The van der Waals surface area contributed by atoms with Crippen LogP contribution in [0.2, 0.25) is 5.02 Å². The minimum atomic E-state index is -0.503. The van der Waals surface area contributed by atoms with E-state index in [0.29, 0.717) is 11.7 Å². The molecule has 0 aliphatic carbocycles. The van der Waals surface area contributed by atoms with Crippen molar-refractivity contribution in [3.63, 3.8) is 0 Å². The average molecular weight is 390 g/mol. The Kier molecular flexibility index (Phi) is 8.01. The zero-order chi connectivity index (χ0) is 16.5. The van der Waals surface area contributed by atoms with Crippen LogP contribution >= 0.6 is 46.5 Å². The number of ether oxygens (including phenoxy) is 1. The van der Waals surface area contributed by atoms with Crippen molar-refractivity contribution in [1.82, 2.24) is 10.2 Å². The number of halogens is 1. The van der Waals surface area contributed by atoms with Gasteiger partial charge in [-0.05, 0) is 31.2 Å². The quantitative estimate of drug-likeness (QED) is 0.388. The number of carbonyl (C=O) groups excluding carboxylic acids is 1. The molecule has 2 rings (SSSR count). The van der Waals surface area contributed by atoms with Gasteiger partial charge in [-0.3, -0.25) is 5.32 Å². The van der Waals surface area contributed by atoms with E-state index in [1.165, 1.54) is 11.3 Å². The molecule has 2 aromatic rings. The molecule has 23 heavy (non-hydrogen) atoms. The normalized spacial score (nSPS) is 10.5. The number of carbonyl (C=O) groups is 1. The Hall–Kier alpha value is -0.960. The zero-order valence-electron chi connectivity index (χ0n) is 12.5. The summed E-state index contributed by atoms with van der Waals surface area (Å²) in [5, 5.41) is 11.7. The lowest BCUT2D eigenvalue weighted by Crippen LogP contribution is -2.12. The molecule has 1 amide bonds. The highest BCUT2D eigenvalue weighted by Crippen LogP contribution is 2.29. The largest absolute Gasteiger partial charge is 0.450 e. The molecule has 0 aliphatic rings. The third kappa shape index (κ3) is 6.58. The van der Waals surface area contributed by atoms with Gasteiger partial charge in [0.15, 0.2) is 4.34 Å². The van der Waals surface area contributed by atoms with E-state index in [4.69, 9.17) is 16.3 Å². The lowest BCUT2D eigenvalue weighted by Gasteiger charge is -2.02. The smallest absolute Gasteiger partial charge is 0.413 e. The van der Waals surface area contributed by atoms with Crippen LogP contribution in [0, 0.1) is 0 Å². The minimum absolute atomic E-state index is 0.329. The van der Waals surface area contributed by atoms with Gasteiger partial charge in [-0.15, -0.1) is 22.0 Å². The number of thioether (sulfide) groups is 2. The molecular weight excluding hydrogens is 374 g/mol. The molecule has 1 aromatic heterocycles. The Morgan fingerprint density at radius 3 is 2.87 bits per heavy atom. The van der Waals surface area contributed by atoms with Crippen LogP contribution in [0.15, 0.2) is 33.5 Å². The second-order valence-electron chi connectivity index (χ2n) is 4.20. The first-order valence-corrected chi connectivity index (χ1v) is 10.1. The molecule has 124 valence electrons. The number of amides is 1. The molecule has 0 saturated heterocycles. The van der Waals surface area contributed by atoms with Crippen molar-refractivity contribution in [2.45, 2.75) is 22.6 Å². The molecule has 0 spiro atoms. The van der Waals surface area contributed by atoms with Gasteiger partial charge in [0.05, 0.1) is 11.6 Å². The Labute approximate surface area is 152 Å². The number of benzene rings is 1. The van der Waals surface area contributed by atoms with Crippen molar-refractivity contribution >= 4 is 57.7 Å². The molecule has 1 N–H and O–H groups in total. The van der Waals surface area contributed by atoms with Crippen LogP contribution in [0.3, 0.4) is 0 Å². The number of nitrogens with zero attached hydrogens (tertiary/aromatic N) is 2. The van der Waals surface area contributed by atoms with Crippen molar-refractivity contribution < 1.29 is 9.53 Å². The predicted molar refractivity (Wildman–Crippen MR) is 98.1 cm³/mol. The summed E-state index contributed by atoms with van der Waals surface area (Å²) in [5.41, 5.74) is 0. The van der Waals surface area contributed by atoms with Crippen LogP contribution < -0.4 is 5.32 Å². The maximum Gasteiger partial charge on any atom is 0.413 e. The van der Waals surface area contributed by atoms with E-state index >= 15 is 0 Å². The molecule has 0 unspecified atom stereocenters. The molecular formula is C14H16ClN3O2S3. The highest BCUT2D eigenvalue weighted by Gasteiger charge is 2.08. The van der Waals surface area contributed by atoms with E-state index in [-0.39, 0.29) is 0 Å². The Morgan fingerprint density at radius 1 is 1.30 bits per heavy atom. The van der Waals surface area contributed by atoms with E-state index in [2.05, 4.69) is 15.5 Å². The van der Waals surface area contributed by atoms with Gasteiger partial charge in [0, 0.05) is 10.6 Å². The van der Waals surface area contributed by atoms with Gasteiger partial charge < -0.3 is 4.74 Å². The second-order valence-corrected chi connectivity index (χ2v) is 8.06. The first-order chi connectivity index (χ1) is 11.2. The number of hydrogen-bond acceptors (Lipinski definition) is 7.